The Hall–Kier alpha value is -1.30. The van der Waals surface area contributed by atoms with Crippen molar-refractivity contribution in [3.8, 4) is 11.5 Å². The maximum atomic E-state index is 12.4. The number of likely N-dealkylation sites (N-methyl/N-ethyl adjacent to an activating group) is 1. The minimum Gasteiger partial charge on any atom is -0.504 e. The summed E-state index contributed by atoms with van der Waals surface area (Å²) in [5, 5.41) is 33.2. The Morgan fingerprint density at radius 3 is 2.50 bits per heavy atom. The second-order valence-electron chi connectivity index (χ2n) is 9.24. The van der Waals surface area contributed by atoms with Crippen LogP contribution in [-0.4, -0.2) is 58.2 Å². The van der Waals surface area contributed by atoms with Gasteiger partial charge in [0, 0.05) is 18.2 Å². The van der Waals surface area contributed by atoms with E-state index in [1.807, 2.05) is 6.07 Å². The van der Waals surface area contributed by atoms with Crippen LogP contribution in [0.3, 0.4) is 0 Å². The summed E-state index contributed by atoms with van der Waals surface area (Å²) in [5.74, 6) is 1.32. The van der Waals surface area contributed by atoms with E-state index in [1.165, 1.54) is 12.8 Å². The van der Waals surface area contributed by atoms with Crippen LogP contribution in [-0.2, 0) is 11.8 Å². The first kappa shape index (κ1) is 20.0. The summed E-state index contributed by atoms with van der Waals surface area (Å²) in [4.78, 5) is 2.35. The molecule has 1 heterocycles. The van der Waals surface area contributed by atoms with Crippen molar-refractivity contribution in [2.45, 2.75) is 82.0 Å². The molecular formula is C23H35NO4. The third-order valence-electron chi connectivity index (χ3n) is 7.43. The number of rotatable bonds is 8. The summed E-state index contributed by atoms with van der Waals surface area (Å²) in [6.07, 6.45) is 5.88. The summed E-state index contributed by atoms with van der Waals surface area (Å²) in [6, 6.07) is 3.66. The van der Waals surface area contributed by atoms with Gasteiger partial charge in [0.05, 0.1) is 17.6 Å². The molecule has 3 unspecified atom stereocenters. The molecule has 3 aliphatic rings. The number of ether oxygens (including phenoxy) is 1. The van der Waals surface area contributed by atoms with Gasteiger partial charge in [-0.05, 0) is 56.7 Å². The molecule has 0 amide bonds. The maximum absolute atomic E-state index is 12.4. The molecule has 1 aromatic carbocycles. The largest absolute Gasteiger partial charge is 0.504 e. The Kier molecular flexibility index (Phi) is 5.13. The first-order valence-corrected chi connectivity index (χ1v) is 11.0. The van der Waals surface area contributed by atoms with Crippen LogP contribution < -0.4 is 4.74 Å². The predicted octanol–water partition coefficient (Wildman–Crippen LogP) is 2.98. The average molecular weight is 390 g/mol. The number of hydrogen-bond acceptors (Lipinski definition) is 5. The zero-order valence-electron chi connectivity index (χ0n) is 17.4. The number of aromatic hydroxyl groups is 1. The molecule has 0 spiro atoms. The van der Waals surface area contributed by atoms with E-state index in [0.717, 1.165) is 49.3 Å². The van der Waals surface area contributed by atoms with Gasteiger partial charge in [-0.25, -0.2) is 0 Å². The summed E-state index contributed by atoms with van der Waals surface area (Å²) >= 11 is 0. The fourth-order valence-corrected chi connectivity index (χ4v) is 6.18. The van der Waals surface area contributed by atoms with E-state index in [4.69, 9.17) is 4.74 Å². The predicted molar refractivity (Wildman–Crippen MR) is 109 cm³/mol. The Balaban J connectivity index is 1.91. The molecule has 28 heavy (non-hydrogen) atoms. The Bertz CT molecular complexity index is 734. The van der Waals surface area contributed by atoms with Crippen LogP contribution in [0.15, 0.2) is 12.1 Å². The van der Waals surface area contributed by atoms with Gasteiger partial charge in [-0.15, -0.1) is 0 Å². The van der Waals surface area contributed by atoms with Crippen LogP contribution in [0.5, 0.6) is 11.5 Å². The van der Waals surface area contributed by atoms with Crippen molar-refractivity contribution in [3.05, 3.63) is 23.3 Å². The van der Waals surface area contributed by atoms with Gasteiger partial charge in [0.2, 0.25) is 0 Å². The van der Waals surface area contributed by atoms with E-state index < -0.39 is 17.1 Å². The van der Waals surface area contributed by atoms with Crippen molar-refractivity contribution >= 4 is 0 Å². The van der Waals surface area contributed by atoms with Gasteiger partial charge in [0.1, 0.15) is 6.10 Å². The number of benzene rings is 1. The molecule has 1 aromatic rings. The molecule has 0 radical (unpaired) electrons. The minimum atomic E-state index is -1.01. The third-order valence-corrected chi connectivity index (χ3v) is 7.43. The van der Waals surface area contributed by atoms with Gasteiger partial charge in [0.15, 0.2) is 11.5 Å². The van der Waals surface area contributed by atoms with E-state index in [2.05, 4.69) is 25.8 Å². The quantitative estimate of drug-likeness (QED) is 0.637. The van der Waals surface area contributed by atoms with Crippen LogP contribution in [0.25, 0.3) is 0 Å². The number of phenols is 1. The van der Waals surface area contributed by atoms with Crippen molar-refractivity contribution in [2.24, 2.45) is 5.92 Å². The second kappa shape index (κ2) is 7.19. The van der Waals surface area contributed by atoms with Crippen molar-refractivity contribution < 1.29 is 20.1 Å². The van der Waals surface area contributed by atoms with Crippen molar-refractivity contribution in [2.75, 3.05) is 20.2 Å². The molecule has 5 heteroatoms. The molecule has 0 bridgehead atoms. The normalized spacial score (nSPS) is 33.8. The SMILES string of the molecule is CCCC1(O)C(N(C)CC2CC2)Cc2ccc(O)c3c2[C@]1(CCC)C(CO)O3. The highest BCUT2D eigenvalue weighted by molar-refractivity contribution is 5.61. The van der Waals surface area contributed by atoms with E-state index in [1.54, 1.807) is 6.07 Å². The van der Waals surface area contributed by atoms with Gasteiger partial charge >= 0.3 is 0 Å². The fourth-order valence-electron chi connectivity index (χ4n) is 6.18. The smallest absolute Gasteiger partial charge is 0.165 e. The van der Waals surface area contributed by atoms with Crippen molar-refractivity contribution in [1.82, 2.24) is 4.90 Å². The summed E-state index contributed by atoms with van der Waals surface area (Å²) in [5.41, 5.74) is 0.378. The molecular weight excluding hydrogens is 354 g/mol. The van der Waals surface area contributed by atoms with E-state index >= 15 is 0 Å². The fraction of sp³-hybridized carbons (Fsp3) is 0.739. The maximum Gasteiger partial charge on any atom is 0.165 e. The molecule has 4 rings (SSSR count). The summed E-state index contributed by atoms with van der Waals surface area (Å²) < 4.78 is 6.15. The highest BCUT2D eigenvalue weighted by atomic mass is 16.5. The molecule has 0 aromatic heterocycles. The Morgan fingerprint density at radius 1 is 1.18 bits per heavy atom. The lowest BCUT2D eigenvalue weighted by Gasteiger charge is -2.56. The lowest BCUT2D eigenvalue weighted by atomic mass is 9.53. The standard InChI is InChI=1S/C23H35NO4/c1-4-10-22-19(14-25)28-21-17(26)9-8-16(20(21)22)12-18(23(22,27)11-5-2)24(3)13-15-6-7-15/h8-9,15,18-19,25-27H,4-7,10-14H2,1-3H3/t18?,19?,22-,23?/m0/s1. The van der Waals surface area contributed by atoms with Gasteiger partial charge in [-0.2, -0.15) is 0 Å². The minimum absolute atomic E-state index is 0.0276. The first-order chi connectivity index (χ1) is 13.4. The van der Waals surface area contributed by atoms with Crippen LogP contribution in [0.4, 0.5) is 0 Å². The molecule has 1 fully saturated rings. The van der Waals surface area contributed by atoms with Crippen LogP contribution in [0.2, 0.25) is 0 Å². The lowest BCUT2D eigenvalue weighted by Crippen LogP contribution is -2.70. The molecule has 0 saturated heterocycles. The van der Waals surface area contributed by atoms with E-state index in [9.17, 15) is 15.3 Å². The number of aliphatic hydroxyl groups is 2. The number of hydrogen-bond donors (Lipinski definition) is 3. The monoisotopic (exact) mass is 389 g/mol. The Labute approximate surface area is 168 Å². The van der Waals surface area contributed by atoms with E-state index in [-0.39, 0.29) is 18.4 Å². The number of aliphatic hydroxyl groups excluding tert-OH is 1. The topological polar surface area (TPSA) is 73.2 Å². The molecule has 1 aliphatic heterocycles. The highest BCUT2D eigenvalue weighted by Crippen LogP contribution is 2.61. The molecule has 1 saturated carbocycles. The number of phenolic OH excluding ortho intramolecular Hbond substituents is 1. The zero-order valence-corrected chi connectivity index (χ0v) is 17.4. The summed E-state index contributed by atoms with van der Waals surface area (Å²) in [6.45, 7) is 5.06. The molecule has 5 nitrogen and oxygen atoms in total. The molecule has 156 valence electrons. The zero-order chi connectivity index (χ0) is 20.1. The van der Waals surface area contributed by atoms with Gasteiger partial charge in [-0.3, -0.25) is 4.90 Å². The van der Waals surface area contributed by atoms with E-state index in [0.29, 0.717) is 12.2 Å². The molecule has 4 atom stereocenters. The molecule has 3 N–H and O–H groups in total. The van der Waals surface area contributed by atoms with Crippen molar-refractivity contribution in [1.29, 1.82) is 0 Å². The number of nitrogens with zero attached hydrogens (tertiary/aromatic N) is 1. The second-order valence-corrected chi connectivity index (χ2v) is 9.24. The van der Waals surface area contributed by atoms with Gasteiger partial charge in [0.25, 0.3) is 0 Å². The van der Waals surface area contributed by atoms with Crippen LogP contribution in [0, 0.1) is 5.92 Å². The van der Waals surface area contributed by atoms with Crippen LogP contribution in [0.1, 0.15) is 63.5 Å². The average Bonchev–Trinajstić information content (AvgIpc) is 3.40. The van der Waals surface area contributed by atoms with Crippen molar-refractivity contribution in [3.63, 3.8) is 0 Å². The van der Waals surface area contributed by atoms with Crippen LogP contribution >= 0.6 is 0 Å². The third kappa shape index (κ3) is 2.70. The Morgan fingerprint density at radius 2 is 1.89 bits per heavy atom. The first-order valence-electron chi connectivity index (χ1n) is 11.0. The summed E-state index contributed by atoms with van der Waals surface area (Å²) in [7, 11) is 2.14. The lowest BCUT2D eigenvalue weighted by molar-refractivity contribution is -0.144. The van der Waals surface area contributed by atoms with Gasteiger partial charge < -0.3 is 20.1 Å². The molecule has 2 aliphatic carbocycles. The highest BCUT2D eigenvalue weighted by Gasteiger charge is 2.67. The van der Waals surface area contributed by atoms with Gasteiger partial charge in [-0.1, -0.05) is 32.8 Å².